The highest BCUT2D eigenvalue weighted by Gasteiger charge is 2.30. The lowest BCUT2D eigenvalue weighted by atomic mass is 10.1. The minimum Gasteiger partial charge on any atom is -0.480 e. The van der Waals surface area contributed by atoms with Crippen LogP contribution in [0.4, 0.5) is 0 Å². The number of aromatic nitrogens is 2. The predicted molar refractivity (Wildman–Crippen MR) is 83.2 cm³/mol. The third-order valence-electron chi connectivity index (χ3n) is 4.16. The maximum Gasteiger partial charge on any atom is 0.323 e. The second-order valence-electron chi connectivity index (χ2n) is 5.66. The molecule has 0 radical (unpaired) electrons. The molecule has 1 saturated heterocycles. The maximum atomic E-state index is 13.0. The summed E-state index contributed by atoms with van der Waals surface area (Å²) in [7, 11) is 1.77. The van der Waals surface area contributed by atoms with E-state index in [0.29, 0.717) is 31.7 Å². The van der Waals surface area contributed by atoms with Crippen LogP contribution in [0.25, 0.3) is 10.9 Å². The molecule has 1 amide bonds. The highest BCUT2D eigenvalue weighted by atomic mass is 16.5. The standard InChI is InChI=1S/C16H19N3O4/c1-18-13-5-3-2-4-12(13)15(17-18)16(22)19(10-14(20)21)11-6-8-23-9-7-11/h2-5,11H,6-10H2,1H3,(H,20,21). The molecule has 2 aromatic rings. The number of hydrogen-bond acceptors (Lipinski definition) is 4. The Balaban J connectivity index is 1.97. The zero-order valence-corrected chi connectivity index (χ0v) is 12.9. The van der Waals surface area contributed by atoms with Crippen LogP contribution < -0.4 is 0 Å². The van der Waals surface area contributed by atoms with Crippen molar-refractivity contribution in [3.63, 3.8) is 0 Å². The molecule has 1 aliphatic rings. The first-order valence-electron chi connectivity index (χ1n) is 7.60. The number of nitrogens with zero attached hydrogens (tertiary/aromatic N) is 3. The Morgan fingerprint density at radius 2 is 2.04 bits per heavy atom. The smallest absolute Gasteiger partial charge is 0.323 e. The van der Waals surface area contributed by atoms with Crippen molar-refractivity contribution < 1.29 is 19.4 Å². The van der Waals surface area contributed by atoms with E-state index >= 15 is 0 Å². The van der Waals surface area contributed by atoms with Crippen molar-refractivity contribution in [1.82, 2.24) is 14.7 Å². The molecule has 1 aliphatic heterocycles. The molecule has 0 spiro atoms. The number of aliphatic carboxylic acids is 1. The average Bonchev–Trinajstić information content (AvgIpc) is 2.90. The van der Waals surface area contributed by atoms with Gasteiger partial charge < -0.3 is 14.7 Å². The second kappa shape index (κ2) is 6.37. The average molecular weight is 317 g/mol. The topological polar surface area (TPSA) is 84.7 Å². The predicted octanol–water partition coefficient (Wildman–Crippen LogP) is 1.28. The monoisotopic (exact) mass is 317 g/mol. The maximum absolute atomic E-state index is 13.0. The number of fused-ring (bicyclic) bond motifs is 1. The minimum absolute atomic E-state index is 0.131. The fraction of sp³-hybridized carbons (Fsp3) is 0.438. The van der Waals surface area contributed by atoms with Gasteiger partial charge in [-0.2, -0.15) is 5.10 Å². The molecule has 2 heterocycles. The number of carbonyl (C=O) groups is 2. The number of carboxylic acids is 1. The van der Waals surface area contributed by atoms with E-state index in [-0.39, 0.29) is 18.5 Å². The van der Waals surface area contributed by atoms with Crippen LogP contribution in [0.2, 0.25) is 0 Å². The Kier molecular flexibility index (Phi) is 4.29. The van der Waals surface area contributed by atoms with Crippen molar-refractivity contribution in [2.24, 2.45) is 7.05 Å². The zero-order chi connectivity index (χ0) is 16.4. The largest absolute Gasteiger partial charge is 0.480 e. The summed E-state index contributed by atoms with van der Waals surface area (Å²) < 4.78 is 6.95. The summed E-state index contributed by atoms with van der Waals surface area (Å²) >= 11 is 0. The van der Waals surface area contributed by atoms with Gasteiger partial charge >= 0.3 is 5.97 Å². The Bertz CT molecular complexity index is 734. The molecule has 7 nitrogen and oxygen atoms in total. The van der Waals surface area contributed by atoms with Crippen LogP contribution in [0.1, 0.15) is 23.3 Å². The SMILES string of the molecule is Cn1nc(C(=O)N(CC(=O)O)C2CCOCC2)c2ccccc21. The van der Waals surface area contributed by atoms with Crippen molar-refractivity contribution in [1.29, 1.82) is 0 Å². The summed E-state index contributed by atoms with van der Waals surface area (Å²) in [6.07, 6.45) is 1.29. The fourth-order valence-corrected chi connectivity index (χ4v) is 3.02. The molecule has 1 fully saturated rings. The Morgan fingerprint density at radius 3 is 2.74 bits per heavy atom. The molecule has 122 valence electrons. The Hall–Kier alpha value is -2.41. The van der Waals surface area contributed by atoms with E-state index in [0.717, 1.165) is 10.9 Å². The van der Waals surface area contributed by atoms with Gasteiger partial charge in [-0.1, -0.05) is 18.2 Å². The van der Waals surface area contributed by atoms with Gasteiger partial charge in [-0.05, 0) is 18.9 Å². The summed E-state index contributed by atoms with van der Waals surface area (Å²) in [6, 6.07) is 7.31. The number of carboxylic acid groups (broad SMARTS) is 1. The number of para-hydroxylation sites is 1. The molecule has 0 saturated carbocycles. The lowest BCUT2D eigenvalue weighted by Gasteiger charge is -2.32. The lowest BCUT2D eigenvalue weighted by Crippen LogP contribution is -2.46. The summed E-state index contributed by atoms with van der Waals surface area (Å²) in [4.78, 5) is 25.6. The molecule has 7 heteroatoms. The molecule has 1 N–H and O–H groups in total. The first-order chi connectivity index (χ1) is 11.1. The Labute approximate surface area is 133 Å². The van der Waals surface area contributed by atoms with Crippen LogP contribution in [-0.4, -0.2) is 57.5 Å². The number of aryl methyl sites for hydroxylation is 1. The van der Waals surface area contributed by atoms with Gasteiger partial charge in [0.1, 0.15) is 6.54 Å². The molecule has 0 unspecified atom stereocenters. The van der Waals surface area contributed by atoms with E-state index in [4.69, 9.17) is 4.74 Å². The highest BCUT2D eigenvalue weighted by Crippen LogP contribution is 2.22. The first-order valence-corrected chi connectivity index (χ1v) is 7.60. The van der Waals surface area contributed by atoms with E-state index in [1.54, 1.807) is 11.7 Å². The summed E-state index contributed by atoms with van der Waals surface area (Å²) in [6.45, 7) is 0.752. The number of rotatable bonds is 4. The summed E-state index contributed by atoms with van der Waals surface area (Å²) in [5, 5.41) is 14.2. The van der Waals surface area contributed by atoms with Crippen molar-refractivity contribution >= 4 is 22.8 Å². The van der Waals surface area contributed by atoms with Gasteiger partial charge in [-0.3, -0.25) is 14.3 Å². The van der Waals surface area contributed by atoms with Crippen molar-refractivity contribution in [3.8, 4) is 0 Å². The first kappa shape index (κ1) is 15.5. The Morgan fingerprint density at radius 1 is 1.35 bits per heavy atom. The number of carbonyl (C=O) groups excluding carboxylic acids is 1. The fourth-order valence-electron chi connectivity index (χ4n) is 3.02. The van der Waals surface area contributed by atoms with Crippen LogP contribution >= 0.6 is 0 Å². The van der Waals surface area contributed by atoms with Gasteiger partial charge in [-0.25, -0.2) is 0 Å². The second-order valence-corrected chi connectivity index (χ2v) is 5.66. The quantitative estimate of drug-likeness (QED) is 0.918. The number of hydrogen-bond donors (Lipinski definition) is 1. The van der Waals surface area contributed by atoms with E-state index in [2.05, 4.69) is 5.10 Å². The molecule has 3 rings (SSSR count). The van der Waals surface area contributed by atoms with Gasteiger partial charge in [0, 0.05) is 31.7 Å². The van der Waals surface area contributed by atoms with Crippen LogP contribution in [0, 0.1) is 0 Å². The molecular weight excluding hydrogens is 298 g/mol. The summed E-state index contributed by atoms with van der Waals surface area (Å²) in [5.41, 5.74) is 1.15. The normalized spacial score (nSPS) is 15.7. The number of ether oxygens (including phenoxy) is 1. The molecule has 1 aromatic heterocycles. The third-order valence-corrected chi connectivity index (χ3v) is 4.16. The van der Waals surface area contributed by atoms with E-state index in [9.17, 15) is 14.7 Å². The van der Waals surface area contributed by atoms with Gasteiger partial charge in [-0.15, -0.1) is 0 Å². The van der Waals surface area contributed by atoms with E-state index < -0.39 is 5.97 Å². The van der Waals surface area contributed by atoms with Crippen LogP contribution in [-0.2, 0) is 16.6 Å². The van der Waals surface area contributed by atoms with Crippen LogP contribution in [0.15, 0.2) is 24.3 Å². The van der Waals surface area contributed by atoms with Crippen molar-refractivity contribution in [2.45, 2.75) is 18.9 Å². The van der Waals surface area contributed by atoms with Crippen molar-refractivity contribution in [2.75, 3.05) is 19.8 Å². The minimum atomic E-state index is -1.02. The van der Waals surface area contributed by atoms with E-state index in [1.165, 1.54) is 4.90 Å². The number of benzene rings is 1. The van der Waals surface area contributed by atoms with Gasteiger partial charge in [0.05, 0.1) is 5.52 Å². The highest BCUT2D eigenvalue weighted by molar-refractivity contribution is 6.05. The molecule has 1 aromatic carbocycles. The van der Waals surface area contributed by atoms with Gasteiger partial charge in [0.2, 0.25) is 0 Å². The lowest BCUT2D eigenvalue weighted by molar-refractivity contribution is -0.138. The third kappa shape index (κ3) is 3.05. The molecule has 0 atom stereocenters. The summed E-state index contributed by atoms with van der Waals surface area (Å²) in [5.74, 6) is -1.36. The zero-order valence-electron chi connectivity index (χ0n) is 12.9. The van der Waals surface area contributed by atoms with Gasteiger partial charge in [0.15, 0.2) is 5.69 Å². The van der Waals surface area contributed by atoms with E-state index in [1.807, 2.05) is 24.3 Å². The van der Waals surface area contributed by atoms with Crippen LogP contribution in [0.5, 0.6) is 0 Å². The van der Waals surface area contributed by atoms with Gasteiger partial charge in [0.25, 0.3) is 5.91 Å². The number of amides is 1. The molecule has 0 aliphatic carbocycles. The van der Waals surface area contributed by atoms with Crippen molar-refractivity contribution in [3.05, 3.63) is 30.0 Å². The molecule has 23 heavy (non-hydrogen) atoms. The molecule has 0 bridgehead atoms. The van der Waals surface area contributed by atoms with Crippen LogP contribution in [0.3, 0.4) is 0 Å². The molecular formula is C16H19N3O4.